The zero-order valence-electron chi connectivity index (χ0n) is 16.1. The lowest BCUT2D eigenvalue weighted by Gasteiger charge is -2.26. The first kappa shape index (κ1) is 18.9. The number of hydrogen-bond donors (Lipinski definition) is 1. The molecule has 148 valence electrons. The van der Waals surface area contributed by atoms with E-state index in [1.54, 1.807) is 24.1 Å². The molecule has 7 nitrogen and oxygen atoms in total. The Bertz CT molecular complexity index is 948. The Labute approximate surface area is 167 Å². The van der Waals surface area contributed by atoms with Crippen molar-refractivity contribution in [1.29, 1.82) is 0 Å². The summed E-state index contributed by atoms with van der Waals surface area (Å²) in [6.07, 6.45) is 1.52. The summed E-state index contributed by atoms with van der Waals surface area (Å²) >= 11 is 1.51. The molecule has 1 fully saturated rings. The molecular weight excluding hydrogens is 378 g/mol. The number of nitrogens with one attached hydrogen (secondary N) is 1. The fourth-order valence-corrected chi connectivity index (χ4v) is 4.45. The van der Waals surface area contributed by atoms with E-state index in [0.717, 1.165) is 48.6 Å². The van der Waals surface area contributed by atoms with Gasteiger partial charge in [0.15, 0.2) is 10.9 Å². The third-order valence-electron chi connectivity index (χ3n) is 5.01. The van der Waals surface area contributed by atoms with Gasteiger partial charge in [0.2, 0.25) is 0 Å². The van der Waals surface area contributed by atoms with Crippen molar-refractivity contribution in [1.82, 2.24) is 4.98 Å². The molecule has 1 aliphatic rings. The fourth-order valence-electron chi connectivity index (χ4n) is 3.38. The van der Waals surface area contributed by atoms with Crippen LogP contribution in [0.5, 0.6) is 5.75 Å². The molecule has 0 unspecified atom stereocenters. The molecule has 0 aliphatic carbocycles. The summed E-state index contributed by atoms with van der Waals surface area (Å²) in [7, 11) is 1.64. The molecule has 2 aromatic heterocycles. The first-order valence-electron chi connectivity index (χ1n) is 9.38. The number of aromatic nitrogens is 1. The van der Waals surface area contributed by atoms with Crippen LogP contribution in [0.1, 0.15) is 16.1 Å². The smallest absolute Gasteiger partial charge is 0.295 e. The molecule has 0 atom stereocenters. The average Bonchev–Trinajstić information content (AvgIpc) is 3.40. The van der Waals surface area contributed by atoms with Crippen LogP contribution in [0, 0.1) is 6.92 Å². The lowest BCUT2D eigenvalue weighted by Crippen LogP contribution is -3.14. The first-order chi connectivity index (χ1) is 13.7. The van der Waals surface area contributed by atoms with E-state index in [-0.39, 0.29) is 5.91 Å². The Hall–Kier alpha value is -2.42. The second-order valence-electron chi connectivity index (χ2n) is 6.81. The number of anilines is 1. The second kappa shape index (κ2) is 8.30. The van der Waals surface area contributed by atoms with E-state index in [1.165, 1.54) is 22.5 Å². The molecule has 3 heterocycles. The van der Waals surface area contributed by atoms with Gasteiger partial charge >= 0.3 is 0 Å². The van der Waals surface area contributed by atoms with Gasteiger partial charge in [0, 0.05) is 0 Å². The van der Waals surface area contributed by atoms with E-state index in [2.05, 4.69) is 0 Å². The molecule has 8 heteroatoms. The van der Waals surface area contributed by atoms with Crippen LogP contribution in [-0.4, -0.2) is 57.4 Å². The maximum atomic E-state index is 13.1. The fraction of sp³-hybridized carbons (Fsp3) is 0.400. The van der Waals surface area contributed by atoms with E-state index < -0.39 is 0 Å². The minimum absolute atomic E-state index is 0.173. The predicted octanol–water partition coefficient (Wildman–Crippen LogP) is 1.77. The van der Waals surface area contributed by atoms with Crippen LogP contribution in [0.4, 0.5) is 5.13 Å². The lowest BCUT2D eigenvalue weighted by molar-refractivity contribution is -0.906. The highest BCUT2D eigenvalue weighted by Crippen LogP contribution is 2.36. The van der Waals surface area contributed by atoms with Gasteiger partial charge in [-0.15, -0.1) is 0 Å². The van der Waals surface area contributed by atoms with Gasteiger partial charge in [0.25, 0.3) is 5.91 Å². The summed E-state index contributed by atoms with van der Waals surface area (Å²) in [6.45, 7) is 6.88. The molecule has 1 aromatic carbocycles. The van der Waals surface area contributed by atoms with Gasteiger partial charge in [-0.05, 0) is 30.7 Å². The van der Waals surface area contributed by atoms with Crippen molar-refractivity contribution in [3.8, 4) is 5.75 Å². The van der Waals surface area contributed by atoms with Crippen LogP contribution in [0.25, 0.3) is 10.2 Å². The van der Waals surface area contributed by atoms with Gasteiger partial charge < -0.3 is 18.8 Å². The van der Waals surface area contributed by atoms with Gasteiger partial charge in [-0.3, -0.25) is 9.69 Å². The zero-order valence-corrected chi connectivity index (χ0v) is 16.9. The number of rotatable bonds is 6. The van der Waals surface area contributed by atoms with Crippen molar-refractivity contribution in [3.63, 3.8) is 0 Å². The number of fused-ring (bicyclic) bond motifs is 1. The number of quaternary nitrogens is 1. The number of carbonyl (C=O) groups excluding carboxylic acids is 1. The largest absolute Gasteiger partial charge is 0.494 e. The Kier molecular flexibility index (Phi) is 5.61. The minimum atomic E-state index is -0.173. The van der Waals surface area contributed by atoms with Gasteiger partial charge in [0.1, 0.15) is 24.4 Å². The quantitative estimate of drug-likeness (QED) is 0.681. The molecule has 1 amide bonds. The van der Waals surface area contributed by atoms with Crippen LogP contribution in [0.2, 0.25) is 0 Å². The standard InChI is InChI=1S/C20H23N3O4S/c1-14-5-6-15(25-2)17-18(14)28-20(21-17)23(19(24)16-4-3-11-27-16)8-7-22-9-12-26-13-10-22/h3-6,11H,7-10,12-13H2,1-2H3/p+1. The summed E-state index contributed by atoms with van der Waals surface area (Å²) in [5, 5.41) is 0.664. The number of methoxy groups -OCH3 is 1. The van der Waals surface area contributed by atoms with E-state index in [9.17, 15) is 4.79 Å². The Morgan fingerprint density at radius 1 is 1.32 bits per heavy atom. The third kappa shape index (κ3) is 3.76. The number of nitrogens with zero attached hydrogens (tertiary/aromatic N) is 2. The molecule has 0 spiro atoms. The topological polar surface area (TPSA) is 69.2 Å². The number of thiazole rings is 1. The van der Waals surface area contributed by atoms with E-state index in [0.29, 0.717) is 23.2 Å². The number of furan rings is 1. The number of amides is 1. The van der Waals surface area contributed by atoms with Crippen LogP contribution in [-0.2, 0) is 4.74 Å². The molecule has 1 saturated heterocycles. The zero-order chi connectivity index (χ0) is 19.5. The van der Waals surface area contributed by atoms with E-state index in [4.69, 9.17) is 18.9 Å². The number of morpholine rings is 1. The summed E-state index contributed by atoms with van der Waals surface area (Å²) in [5.41, 5.74) is 1.90. The summed E-state index contributed by atoms with van der Waals surface area (Å²) in [5.74, 6) is 0.862. The molecule has 4 rings (SSSR count). The van der Waals surface area contributed by atoms with Crippen molar-refractivity contribution in [2.75, 3.05) is 51.4 Å². The highest BCUT2D eigenvalue weighted by molar-refractivity contribution is 7.22. The second-order valence-corrected chi connectivity index (χ2v) is 7.78. The van der Waals surface area contributed by atoms with Gasteiger partial charge in [-0.2, -0.15) is 0 Å². The van der Waals surface area contributed by atoms with E-state index >= 15 is 0 Å². The molecular formula is C20H24N3O4S+. The Morgan fingerprint density at radius 3 is 2.86 bits per heavy atom. The monoisotopic (exact) mass is 402 g/mol. The molecule has 1 aliphatic heterocycles. The van der Waals surface area contributed by atoms with Gasteiger partial charge in [0.05, 0.1) is 44.4 Å². The van der Waals surface area contributed by atoms with E-state index in [1.807, 2.05) is 19.1 Å². The van der Waals surface area contributed by atoms with Crippen molar-refractivity contribution in [3.05, 3.63) is 41.9 Å². The highest BCUT2D eigenvalue weighted by Gasteiger charge is 2.26. The number of hydrogen-bond acceptors (Lipinski definition) is 6. The van der Waals surface area contributed by atoms with Crippen LogP contribution < -0.4 is 14.5 Å². The average molecular weight is 402 g/mol. The summed E-state index contributed by atoms with van der Waals surface area (Å²) in [6, 6.07) is 7.34. The van der Waals surface area contributed by atoms with Gasteiger partial charge in [-0.1, -0.05) is 17.4 Å². The van der Waals surface area contributed by atoms with Crippen molar-refractivity contribution in [2.24, 2.45) is 0 Å². The third-order valence-corrected chi connectivity index (χ3v) is 6.22. The molecule has 0 radical (unpaired) electrons. The maximum absolute atomic E-state index is 13.1. The van der Waals surface area contributed by atoms with Gasteiger partial charge in [-0.25, -0.2) is 4.98 Å². The molecule has 28 heavy (non-hydrogen) atoms. The maximum Gasteiger partial charge on any atom is 0.295 e. The normalized spacial score (nSPS) is 15.1. The van der Waals surface area contributed by atoms with Crippen molar-refractivity contribution < 1.29 is 23.6 Å². The number of carbonyl (C=O) groups is 1. The van der Waals surface area contributed by atoms with Crippen molar-refractivity contribution >= 4 is 32.6 Å². The molecule has 1 N–H and O–H groups in total. The molecule has 3 aromatic rings. The lowest BCUT2D eigenvalue weighted by atomic mass is 10.2. The predicted molar refractivity (Wildman–Crippen MR) is 108 cm³/mol. The molecule has 0 bridgehead atoms. The SMILES string of the molecule is COc1ccc(C)c2sc(N(CC[NH+]3CCOCC3)C(=O)c3ccco3)nc12. The van der Waals surface area contributed by atoms with Crippen LogP contribution in [0.3, 0.4) is 0 Å². The van der Waals surface area contributed by atoms with Crippen LogP contribution in [0.15, 0.2) is 34.9 Å². The summed E-state index contributed by atoms with van der Waals surface area (Å²) in [4.78, 5) is 21.0. The number of aryl methyl sites for hydroxylation is 1. The molecule has 0 saturated carbocycles. The minimum Gasteiger partial charge on any atom is -0.494 e. The van der Waals surface area contributed by atoms with Crippen molar-refractivity contribution in [2.45, 2.75) is 6.92 Å². The highest BCUT2D eigenvalue weighted by atomic mass is 32.1. The Balaban J connectivity index is 1.67. The Morgan fingerprint density at radius 2 is 2.14 bits per heavy atom. The van der Waals surface area contributed by atoms with Crippen LogP contribution >= 0.6 is 11.3 Å². The number of benzene rings is 1. The summed E-state index contributed by atoms with van der Waals surface area (Å²) < 4.78 is 17.3. The first-order valence-corrected chi connectivity index (χ1v) is 10.2. The number of ether oxygens (including phenoxy) is 2.